The zero-order chi connectivity index (χ0) is 13.3. The van der Waals surface area contributed by atoms with Crippen molar-refractivity contribution in [3.63, 3.8) is 0 Å². The molecular formula is C10H13N3O2S3. The van der Waals surface area contributed by atoms with Crippen LogP contribution in [0.15, 0.2) is 16.5 Å². The molecule has 0 aliphatic rings. The van der Waals surface area contributed by atoms with Crippen molar-refractivity contribution in [2.45, 2.75) is 25.3 Å². The zero-order valence-electron chi connectivity index (χ0n) is 9.93. The standard InChI is InChI=1S/C10H13N3O2S3/c1-6-5-16-8(3-11)9(6)18(14,15)13-10-12-4-7(2)17-10/h4-5H,3,11H2,1-2H3,(H,12,13). The monoisotopic (exact) mass is 303 g/mol. The molecule has 2 aromatic heterocycles. The Kier molecular flexibility index (Phi) is 3.71. The number of hydrogen-bond acceptors (Lipinski definition) is 6. The van der Waals surface area contributed by atoms with Crippen molar-refractivity contribution in [3.8, 4) is 0 Å². The largest absolute Gasteiger partial charge is 0.326 e. The molecule has 98 valence electrons. The smallest absolute Gasteiger partial charge is 0.265 e. The first-order chi connectivity index (χ1) is 8.44. The van der Waals surface area contributed by atoms with Gasteiger partial charge in [0.05, 0.1) is 0 Å². The SMILES string of the molecule is Cc1cnc(NS(=O)(=O)c2c(C)csc2CN)s1. The highest BCUT2D eigenvalue weighted by Gasteiger charge is 2.23. The summed E-state index contributed by atoms with van der Waals surface area (Å²) in [5.74, 6) is 0. The first-order valence-electron chi connectivity index (χ1n) is 5.16. The quantitative estimate of drug-likeness (QED) is 0.905. The third kappa shape index (κ3) is 2.56. The molecule has 5 nitrogen and oxygen atoms in total. The molecule has 2 heterocycles. The Morgan fingerprint density at radius 1 is 1.44 bits per heavy atom. The Morgan fingerprint density at radius 3 is 2.72 bits per heavy atom. The molecule has 2 aromatic rings. The van der Waals surface area contributed by atoms with E-state index in [2.05, 4.69) is 9.71 Å². The molecule has 0 bridgehead atoms. The van der Waals surface area contributed by atoms with E-state index in [4.69, 9.17) is 5.73 Å². The van der Waals surface area contributed by atoms with Gasteiger partial charge in [-0.1, -0.05) is 0 Å². The molecule has 0 aromatic carbocycles. The lowest BCUT2D eigenvalue weighted by Gasteiger charge is -2.06. The van der Waals surface area contributed by atoms with Crippen LogP contribution in [-0.2, 0) is 16.6 Å². The average molecular weight is 303 g/mol. The van der Waals surface area contributed by atoms with Crippen molar-refractivity contribution >= 4 is 37.8 Å². The summed E-state index contributed by atoms with van der Waals surface area (Å²) < 4.78 is 27.0. The maximum Gasteiger partial charge on any atom is 0.265 e. The number of hydrogen-bond donors (Lipinski definition) is 2. The molecule has 0 aliphatic heterocycles. The Morgan fingerprint density at radius 2 is 2.17 bits per heavy atom. The molecule has 0 amide bonds. The number of nitrogens with two attached hydrogens (primary N) is 1. The summed E-state index contributed by atoms with van der Waals surface area (Å²) in [4.78, 5) is 5.89. The minimum atomic E-state index is -3.60. The molecule has 0 unspecified atom stereocenters. The topological polar surface area (TPSA) is 85.1 Å². The zero-order valence-corrected chi connectivity index (χ0v) is 12.4. The van der Waals surface area contributed by atoms with Gasteiger partial charge in [0, 0.05) is 22.5 Å². The van der Waals surface area contributed by atoms with Gasteiger partial charge in [-0.2, -0.15) is 0 Å². The lowest BCUT2D eigenvalue weighted by molar-refractivity contribution is 0.600. The normalized spacial score (nSPS) is 11.7. The number of aromatic nitrogens is 1. The summed E-state index contributed by atoms with van der Waals surface area (Å²) >= 11 is 2.66. The predicted molar refractivity (Wildman–Crippen MR) is 74.6 cm³/mol. The number of aryl methyl sites for hydroxylation is 2. The summed E-state index contributed by atoms with van der Waals surface area (Å²) in [5, 5.41) is 2.17. The minimum absolute atomic E-state index is 0.214. The van der Waals surface area contributed by atoms with E-state index in [0.717, 1.165) is 4.88 Å². The summed E-state index contributed by atoms with van der Waals surface area (Å²) in [6.07, 6.45) is 1.63. The van der Waals surface area contributed by atoms with Crippen molar-refractivity contribution in [1.82, 2.24) is 4.98 Å². The van der Waals surface area contributed by atoms with Crippen LogP contribution >= 0.6 is 22.7 Å². The van der Waals surface area contributed by atoms with Crippen LogP contribution in [0, 0.1) is 13.8 Å². The van der Waals surface area contributed by atoms with Crippen molar-refractivity contribution in [2.24, 2.45) is 5.73 Å². The fourth-order valence-electron chi connectivity index (χ4n) is 1.56. The Bertz CT molecular complexity index is 658. The van der Waals surface area contributed by atoms with Crippen LogP contribution in [0.5, 0.6) is 0 Å². The summed E-state index contributed by atoms with van der Waals surface area (Å²) in [6.45, 7) is 3.85. The molecule has 2 rings (SSSR count). The average Bonchev–Trinajstić information content (AvgIpc) is 2.84. The van der Waals surface area contributed by atoms with Gasteiger partial charge in [-0.3, -0.25) is 4.72 Å². The van der Waals surface area contributed by atoms with Gasteiger partial charge in [0.25, 0.3) is 10.0 Å². The Hall–Kier alpha value is -0.960. The molecule has 0 fully saturated rings. The second-order valence-electron chi connectivity index (χ2n) is 3.76. The van der Waals surface area contributed by atoms with Crippen LogP contribution in [0.3, 0.4) is 0 Å². The molecule has 8 heteroatoms. The van der Waals surface area contributed by atoms with Gasteiger partial charge in [-0.15, -0.1) is 22.7 Å². The highest BCUT2D eigenvalue weighted by atomic mass is 32.2. The van der Waals surface area contributed by atoms with Gasteiger partial charge in [0.2, 0.25) is 0 Å². The van der Waals surface area contributed by atoms with E-state index in [0.29, 0.717) is 15.6 Å². The van der Waals surface area contributed by atoms with Crippen LogP contribution in [-0.4, -0.2) is 13.4 Å². The van der Waals surface area contributed by atoms with Crippen molar-refractivity contribution in [3.05, 3.63) is 26.9 Å². The fraction of sp³-hybridized carbons (Fsp3) is 0.300. The molecular weight excluding hydrogens is 290 g/mol. The van der Waals surface area contributed by atoms with E-state index in [1.807, 2.05) is 6.92 Å². The third-order valence-electron chi connectivity index (χ3n) is 2.29. The van der Waals surface area contributed by atoms with Crippen molar-refractivity contribution < 1.29 is 8.42 Å². The number of thiazole rings is 1. The number of thiophene rings is 1. The summed E-state index contributed by atoms with van der Waals surface area (Å²) in [7, 11) is -3.60. The first kappa shape index (κ1) is 13.5. The second-order valence-corrected chi connectivity index (χ2v) is 7.57. The molecule has 0 saturated heterocycles. The van der Waals surface area contributed by atoms with Gasteiger partial charge in [0.1, 0.15) is 4.90 Å². The molecule has 0 atom stereocenters. The summed E-state index contributed by atoms with van der Waals surface area (Å²) in [6, 6.07) is 0. The molecule has 18 heavy (non-hydrogen) atoms. The van der Waals surface area contributed by atoms with Gasteiger partial charge in [-0.05, 0) is 24.8 Å². The Labute approximate surface area is 114 Å². The predicted octanol–water partition coefficient (Wildman–Crippen LogP) is 2.08. The first-order valence-corrected chi connectivity index (χ1v) is 8.34. The second kappa shape index (κ2) is 4.96. The Balaban J connectivity index is 2.39. The van der Waals surface area contributed by atoms with Gasteiger partial charge < -0.3 is 5.73 Å². The van der Waals surface area contributed by atoms with Gasteiger partial charge in [-0.25, -0.2) is 13.4 Å². The number of rotatable bonds is 4. The molecule has 0 aliphatic carbocycles. The highest BCUT2D eigenvalue weighted by Crippen LogP contribution is 2.29. The van der Waals surface area contributed by atoms with Crippen LogP contribution in [0.2, 0.25) is 0 Å². The van der Waals surface area contributed by atoms with Crippen LogP contribution in [0.25, 0.3) is 0 Å². The van der Waals surface area contributed by atoms with Gasteiger partial charge in [0.15, 0.2) is 5.13 Å². The van der Waals surface area contributed by atoms with E-state index in [9.17, 15) is 8.42 Å². The molecule has 0 spiro atoms. The van der Waals surface area contributed by atoms with E-state index < -0.39 is 10.0 Å². The maximum absolute atomic E-state index is 12.3. The molecule has 3 N–H and O–H groups in total. The third-order valence-corrected chi connectivity index (χ3v) is 6.07. The molecule has 0 saturated carbocycles. The van der Waals surface area contributed by atoms with Crippen molar-refractivity contribution in [2.75, 3.05) is 4.72 Å². The van der Waals surface area contributed by atoms with Gasteiger partial charge >= 0.3 is 0 Å². The van der Waals surface area contributed by atoms with Crippen molar-refractivity contribution in [1.29, 1.82) is 0 Å². The lowest BCUT2D eigenvalue weighted by Crippen LogP contribution is -2.15. The van der Waals surface area contributed by atoms with E-state index >= 15 is 0 Å². The van der Waals surface area contributed by atoms with E-state index in [1.54, 1.807) is 18.5 Å². The highest BCUT2D eigenvalue weighted by molar-refractivity contribution is 7.93. The minimum Gasteiger partial charge on any atom is -0.326 e. The maximum atomic E-state index is 12.3. The fourth-order valence-corrected chi connectivity index (χ4v) is 5.17. The van der Waals surface area contributed by atoms with Crippen LogP contribution in [0.1, 0.15) is 15.3 Å². The van der Waals surface area contributed by atoms with E-state index in [1.165, 1.54) is 22.7 Å². The lowest BCUT2D eigenvalue weighted by atomic mass is 10.3. The number of anilines is 1. The molecule has 0 radical (unpaired) electrons. The van der Waals surface area contributed by atoms with Crippen LogP contribution < -0.4 is 10.5 Å². The van der Waals surface area contributed by atoms with E-state index in [-0.39, 0.29) is 11.4 Å². The number of nitrogens with zero attached hydrogens (tertiary/aromatic N) is 1. The number of sulfonamides is 1. The summed E-state index contributed by atoms with van der Waals surface area (Å²) in [5.41, 5.74) is 6.27. The van der Waals surface area contributed by atoms with Crippen LogP contribution in [0.4, 0.5) is 5.13 Å². The number of nitrogens with one attached hydrogen (secondary N) is 1.